The van der Waals surface area contributed by atoms with E-state index in [1.54, 1.807) is 6.07 Å². The molecule has 0 saturated carbocycles. The fraction of sp³-hybridized carbons (Fsp3) is 0.429. The average Bonchev–Trinajstić information content (AvgIpc) is 2.41. The number of carbonyl (C=O) groups excluding carboxylic acids is 1. The molecule has 0 bridgehead atoms. The van der Waals surface area contributed by atoms with Crippen molar-refractivity contribution in [2.24, 2.45) is 0 Å². The zero-order chi connectivity index (χ0) is 15.8. The van der Waals surface area contributed by atoms with E-state index in [1.807, 2.05) is 6.92 Å². The summed E-state index contributed by atoms with van der Waals surface area (Å²) in [5.74, 6) is -1.83. The standard InChI is InChI=1S/C14H18BrFN2O3/c1-2-3-12(14(20)21)17-7-6-13(19)18-11-5-4-9(15)8-10(11)16/h4-5,8,12,17H,2-3,6-7H2,1H3,(H,18,19)(H,20,21). The molecule has 1 aromatic rings. The van der Waals surface area contributed by atoms with Crippen LogP contribution >= 0.6 is 15.9 Å². The molecule has 1 amide bonds. The summed E-state index contributed by atoms with van der Waals surface area (Å²) in [7, 11) is 0. The quantitative estimate of drug-likeness (QED) is 0.665. The van der Waals surface area contributed by atoms with Crippen LogP contribution < -0.4 is 10.6 Å². The Bertz CT molecular complexity index is 511. The molecule has 1 aromatic carbocycles. The normalized spacial score (nSPS) is 12.0. The largest absolute Gasteiger partial charge is 0.480 e. The number of rotatable bonds is 8. The van der Waals surface area contributed by atoms with Gasteiger partial charge in [0.05, 0.1) is 5.69 Å². The summed E-state index contributed by atoms with van der Waals surface area (Å²) >= 11 is 3.13. The van der Waals surface area contributed by atoms with Gasteiger partial charge in [-0.15, -0.1) is 0 Å². The van der Waals surface area contributed by atoms with E-state index in [2.05, 4.69) is 26.6 Å². The molecule has 1 rings (SSSR count). The van der Waals surface area contributed by atoms with E-state index in [1.165, 1.54) is 12.1 Å². The number of carbonyl (C=O) groups is 2. The zero-order valence-electron chi connectivity index (χ0n) is 11.7. The Kier molecular flexibility index (Phi) is 7.31. The highest BCUT2D eigenvalue weighted by Crippen LogP contribution is 2.19. The monoisotopic (exact) mass is 360 g/mol. The highest BCUT2D eigenvalue weighted by molar-refractivity contribution is 9.10. The van der Waals surface area contributed by atoms with Crippen molar-refractivity contribution in [2.45, 2.75) is 32.2 Å². The smallest absolute Gasteiger partial charge is 0.320 e. The third-order valence-corrected chi connectivity index (χ3v) is 3.32. The zero-order valence-corrected chi connectivity index (χ0v) is 13.2. The molecule has 0 spiro atoms. The van der Waals surface area contributed by atoms with E-state index < -0.39 is 17.8 Å². The molecular formula is C14H18BrFN2O3. The van der Waals surface area contributed by atoms with Crippen LogP contribution in [0, 0.1) is 5.82 Å². The number of aliphatic carboxylic acids is 1. The molecule has 0 aliphatic carbocycles. The fourth-order valence-corrected chi connectivity index (χ4v) is 2.10. The Hall–Kier alpha value is -1.47. The molecular weight excluding hydrogens is 343 g/mol. The van der Waals surface area contributed by atoms with Crippen LogP contribution in [0.2, 0.25) is 0 Å². The molecule has 0 heterocycles. The van der Waals surface area contributed by atoms with Crippen molar-refractivity contribution >= 4 is 33.5 Å². The number of hydrogen-bond donors (Lipinski definition) is 3. The molecule has 1 atom stereocenters. The van der Waals surface area contributed by atoms with E-state index in [0.29, 0.717) is 10.9 Å². The van der Waals surface area contributed by atoms with Crippen LogP contribution in [-0.2, 0) is 9.59 Å². The number of anilines is 1. The van der Waals surface area contributed by atoms with Crippen LogP contribution in [0.5, 0.6) is 0 Å². The third-order valence-electron chi connectivity index (χ3n) is 2.82. The molecule has 0 aromatic heterocycles. The lowest BCUT2D eigenvalue weighted by Gasteiger charge is -2.13. The highest BCUT2D eigenvalue weighted by Gasteiger charge is 2.15. The number of halogens is 2. The molecule has 0 aliphatic rings. The lowest BCUT2D eigenvalue weighted by Crippen LogP contribution is -2.38. The number of benzene rings is 1. The topological polar surface area (TPSA) is 78.4 Å². The molecule has 1 unspecified atom stereocenters. The summed E-state index contributed by atoms with van der Waals surface area (Å²) in [4.78, 5) is 22.6. The maximum absolute atomic E-state index is 13.5. The third kappa shape index (κ3) is 6.22. The highest BCUT2D eigenvalue weighted by atomic mass is 79.9. The van der Waals surface area contributed by atoms with Gasteiger partial charge in [0.15, 0.2) is 0 Å². The SMILES string of the molecule is CCCC(NCCC(=O)Nc1ccc(Br)cc1F)C(=O)O. The van der Waals surface area contributed by atoms with Crippen LogP contribution in [-0.4, -0.2) is 29.6 Å². The number of nitrogens with one attached hydrogen (secondary N) is 2. The Balaban J connectivity index is 2.42. The molecule has 3 N–H and O–H groups in total. The Morgan fingerprint density at radius 2 is 2.14 bits per heavy atom. The summed E-state index contributed by atoms with van der Waals surface area (Å²) in [5, 5.41) is 14.2. The van der Waals surface area contributed by atoms with Crippen molar-refractivity contribution in [3.8, 4) is 0 Å². The van der Waals surface area contributed by atoms with Crippen molar-refractivity contribution < 1.29 is 19.1 Å². The Morgan fingerprint density at radius 3 is 2.71 bits per heavy atom. The van der Waals surface area contributed by atoms with Crippen LogP contribution in [0.3, 0.4) is 0 Å². The van der Waals surface area contributed by atoms with Gasteiger partial charge in [-0.1, -0.05) is 29.3 Å². The van der Waals surface area contributed by atoms with Gasteiger partial charge >= 0.3 is 5.97 Å². The second-order valence-corrected chi connectivity index (χ2v) is 5.47. The van der Waals surface area contributed by atoms with Crippen molar-refractivity contribution in [2.75, 3.05) is 11.9 Å². The lowest BCUT2D eigenvalue weighted by molar-refractivity contribution is -0.139. The molecule has 7 heteroatoms. The minimum atomic E-state index is -0.934. The summed E-state index contributed by atoms with van der Waals surface area (Å²) in [6.45, 7) is 2.11. The molecule has 0 radical (unpaired) electrons. The average molecular weight is 361 g/mol. The van der Waals surface area contributed by atoms with Gasteiger partial charge in [-0.05, 0) is 24.6 Å². The first-order valence-electron chi connectivity index (χ1n) is 6.65. The van der Waals surface area contributed by atoms with Crippen molar-refractivity contribution in [1.29, 1.82) is 0 Å². The van der Waals surface area contributed by atoms with Gasteiger partial charge < -0.3 is 15.7 Å². The van der Waals surface area contributed by atoms with Gasteiger partial charge in [-0.2, -0.15) is 0 Å². The van der Waals surface area contributed by atoms with Gasteiger partial charge in [0.25, 0.3) is 0 Å². The van der Waals surface area contributed by atoms with E-state index >= 15 is 0 Å². The van der Waals surface area contributed by atoms with E-state index in [9.17, 15) is 14.0 Å². The predicted octanol–water partition coefficient (Wildman–Crippen LogP) is 2.76. The predicted molar refractivity (Wildman–Crippen MR) is 81.7 cm³/mol. The molecule has 5 nitrogen and oxygen atoms in total. The molecule has 0 saturated heterocycles. The fourth-order valence-electron chi connectivity index (χ4n) is 1.77. The number of carboxylic acid groups (broad SMARTS) is 1. The lowest BCUT2D eigenvalue weighted by atomic mass is 10.1. The van der Waals surface area contributed by atoms with Crippen molar-refractivity contribution in [3.05, 3.63) is 28.5 Å². The van der Waals surface area contributed by atoms with Gasteiger partial charge in [0.2, 0.25) is 5.91 Å². The van der Waals surface area contributed by atoms with Gasteiger partial charge in [0, 0.05) is 17.4 Å². The molecule has 0 aliphatic heterocycles. The minimum absolute atomic E-state index is 0.0724. The van der Waals surface area contributed by atoms with Gasteiger partial charge in [-0.3, -0.25) is 9.59 Å². The van der Waals surface area contributed by atoms with Gasteiger partial charge in [-0.25, -0.2) is 4.39 Å². The van der Waals surface area contributed by atoms with E-state index in [-0.39, 0.29) is 24.6 Å². The second-order valence-electron chi connectivity index (χ2n) is 4.56. The second kappa shape index (κ2) is 8.74. The van der Waals surface area contributed by atoms with Crippen LogP contribution in [0.1, 0.15) is 26.2 Å². The molecule has 0 fully saturated rings. The van der Waals surface area contributed by atoms with Crippen LogP contribution in [0.25, 0.3) is 0 Å². The summed E-state index contributed by atoms with van der Waals surface area (Å²) < 4.78 is 14.1. The van der Waals surface area contributed by atoms with Crippen LogP contribution in [0.4, 0.5) is 10.1 Å². The Morgan fingerprint density at radius 1 is 1.43 bits per heavy atom. The number of carboxylic acids is 1. The molecule has 116 valence electrons. The maximum Gasteiger partial charge on any atom is 0.320 e. The van der Waals surface area contributed by atoms with Crippen molar-refractivity contribution in [1.82, 2.24) is 5.32 Å². The summed E-state index contributed by atoms with van der Waals surface area (Å²) in [6, 6.07) is 3.68. The minimum Gasteiger partial charge on any atom is -0.480 e. The number of amides is 1. The van der Waals surface area contributed by atoms with Crippen LogP contribution in [0.15, 0.2) is 22.7 Å². The Labute approximate surface area is 131 Å². The van der Waals surface area contributed by atoms with Crippen molar-refractivity contribution in [3.63, 3.8) is 0 Å². The first kappa shape index (κ1) is 17.6. The van der Waals surface area contributed by atoms with Gasteiger partial charge in [0.1, 0.15) is 11.9 Å². The molecule has 21 heavy (non-hydrogen) atoms. The van der Waals surface area contributed by atoms with E-state index in [0.717, 1.165) is 6.42 Å². The van der Waals surface area contributed by atoms with E-state index in [4.69, 9.17) is 5.11 Å². The first-order valence-corrected chi connectivity index (χ1v) is 7.44. The summed E-state index contributed by atoms with van der Waals surface area (Å²) in [6.07, 6.45) is 1.31. The number of hydrogen-bond acceptors (Lipinski definition) is 3. The first-order chi connectivity index (χ1) is 9.93. The maximum atomic E-state index is 13.5. The summed E-state index contributed by atoms with van der Waals surface area (Å²) in [5.41, 5.74) is 0.103.